The molecule has 180 valence electrons. The Labute approximate surface area is 212 Å². The van der Waals surface area contributed by atoms with Gasteiger partial charge in [-0.05, 0) is 77.9 Å². The standard InChI is InChI=1S/C27H23ClF2N2O2S/c1-33-24-10-3-17(13-25(24)34-2)16-32-26-14-18(11-12-31-26)27(22-15-20(29)6-9-23(22)30)35-21-7-4-19(28)5-8-21/h3-15,27H,16H2,1-2H3,(H,31,32). The molecular formula is C27H23ClF2N2O2S. The zero-order valence-electron chi connectivity index (χ0n) is 19.1. The minimum Gasteiger partial charge on any atom is -0.493 e. The number of nitrogens with one attached hydrogen (secondary N) is 1. The van der Waals surface area contributed by atoms with Crippen molar-refractivity contribution in [3.05, 3.63) is 112 Å². The molecule has 0 aliphatic heterocycles. The quantitative estimate of drug-likeness (QED) is 0.235. The third kappa shape index (κ3) is 6.24. The second kappa shape index (κ2) is 11.4. The number of pyridine rings is 1. The summed E-state index contributed by atoms with van der Waals surface area (Å²) in [5.74, 6) is 0.916. The molecule has 0 fully saturated rings. The second-order valence-corrected chi connectivity index (χ2v) is 9.25. The minimum absolute atomic E-state index is 0.252. The summed E-state index contributed by atoms with van der Waals surface area (Å²) < 4.78 is 39.6. The molecule has 1 N–H and O–H groups in total. The molecule has 4 aromatic rings. The normalized spacial score (nSPS) is 11.7. The zero-order valence-corrected chi connectivity index (χ0v) is 20.7. The van der Waals surface area contributed by atoms with Crippen LogP contribution in [0.1, 0.15) is 21.9 Å². The maximum absolute atomic E-state index is 14.8. The average Bonchev–Trinajstić information content (AvgIpc) is 2.88. The van der Waals surface area contributed by atoms with Crippen LogP contribution in [-0.4, -0.2) is 19.2 Å². The van der Waals surface area contributed by atoms with Crippen molar-refractivity contribution in [2.75, 3.05) is 19.5 Å². The van der Waals surface area contributed by atoms with Crippen LogP contribution in [0.2, 0.25) is 5.02 Å². The Morgan fingerprint density at radius 2 is 1.69 bits per heavy atom. The average molecular weight is 513 g/mol. The fraction of sp³-hybridized carbons (Fsp3) is 0.148. The number of aromatic nitrogens is 1. The second-order valence-electron chi connectivity index (χ2n) is 7.63. The van der Waals surface area contributed by atoms with Gasteiger partial charge in [-0.2, -0.15) is 0 Å². The molecule has 8 heteroatoms. The first-order chi connectivity index (χ1) is 17.0. The molecule has 1 atom stereocenters. The van der Waals surface area contributed by atoms with E-state index in [9.17, 15) is 8.78 Å². The van der Waals surface area contributed by atoms with E-state index in [0.29, 0.717) is 28.9 Å². The Hall–Kier alpha value is -3.29. The van der Waals surface area contributed by atoms with Crippen LogP contribution < -0.4 is 14.8 Å². The molecule has 4 nitrogen and oxygen atoms in total. The summed E-state index contributed by atoms with van der Waals surface area (Å²) in [7, 11) is 3.18. The first-order valence-electron chi connectivity index (χ1n) is 10.7. The Bertz CT molecular complexity index is 1300. The van der Waals surface area contributed by atoms with Crippen molar-refractivity contribution in [2.24, 2.45) is 0 Å². The molecule has 0 saturated heterocycles. The predicted octanol–water partition coefficient (Wildman–Crippen LogP) is 7.52. The lowest BCUT2D eigenvalue weighted by Crippen LogP contribution is -2.05. The molecular weight excluding hydrogens is 490 g/mol. The Morgan fingerprint density at radius 1 is 0.914 bits per heavy atom. The largest absolute Gasteiger partial charge is 0.493 e. The topological polar surface area (TPSA) is 43.4 Å². The van der Waals surface area contributed by atoms with Gasteiger partial charge in [0.05, 0.1) is 19.5 Å². The van der Waals surface area contributed by atoms with E-state index < -0.39 is 16.9 Å². The highest BCUT2D eigenvalue weighted by molar-refractivity contribution is 7.99. The van der Waals surface area contributed by atoms with Gasteiger partial charge in [0, 0.05) is 28.2 Å². The molecule has 0 saturated carbocycles. The summed E-state index contributed by atoms with van der Waals surface area (Å²) in [6, 6.07) is 20.1. The number of hydrogen-bond acceptors (Lipinski definition) is 5. The number of thioether (sulfide) groups is 1. The van der Waals surface area contributed by atoms with Gasteiger partial charge in [0.25, 0.3) is 0 Å². The number of rotatable bonds is 9. The molecule has 1 heterocycles. The smallest absolute Gasteiger partial charge is 0.161 e. The Balaban J connectivity index is 1.62. The lowest BCUT2D eigenvalue weighted by atomic mass is 10.0. The van der Waals surface area contributed by atoms with E-state index in [4.69, 9.17) is 21.1 Å². The van der Waals surface area contributed by atoms with E-state index in [1.54, 1.807) is 38.6 Å². The van der Waals surface area contributed by atoms with Crippen molar-refractivity contribution < 1.29 is 18.3 Å². The maximum atomic E-state index is 14.8. The van der Waals surface area contributed by atoms with Crippen molar-refractivity contribution in [1.82, 2.24) is 4.98 Å². The van der Waals surface area contributed by atoms with Gasteiger partial charge in [-0.15, -0.1) is 11.8 Å². The summed E-state index contributed by atoms with van der Waals surface area (Å²) in [5.41, 5.74) is 2.00. The zero-order chi connectivity index (χ0) is 24.8. The van der Waals surface area contributed by atoms with E-state index in [1.165, 1.54) is 17.8 Å². The number of benzene rings is 3. The fourth-order valence-corrected chi connectivity index (χ4v) is 4.85. The molecule has 0 amide bonds. The molecule has 0 radical (unpaired) electrons. The van der Waals surface area contributed by atoms with Gasteiger partial charge in [-0.1, -0.05) is 17.7 Å². The van der Waals surface area contributed by atoms with Gasteiger partial charge in [-0.3, -0.25) is 0 Å². The lowest BCUT2D eigenvalue weighted by molar-refractivity contribution is 0.354. The Kier molecular flexibility index (Phi) is 8.10. The molecule has 0 aliphatic carbocycles. The van der Waals surface area contributed by atoms with Crippen LogP contribution in [0.25, 0.3) is 0 Å². The van der Waals surface area contributed by atoms with Crippen LogP contribution in [0.5, 0.6) is 11.5 Å². The Morgan fingerprint density at radius 3 is 2.43 bits per heavy atom. The molecule has 4 rings (SSSR count). The SMILES string of the molecule is COc1ccc(CNc2cc(C(Sc3ccc(Cl)cc3)c3cc(F)ccc3F)ccn2)cc1OC. The van der Waals surface area contributed by atoms with Crippen LogP contribution in [-0.2, 0) is 6.54 Å². The predicted molar refractivity (Wildman–Crippen MR) is 137 cm³/mol. The molecule has 0 aliphatic rings. The number of nitrogens with zero attached hydrogens (tertiary/aromatic N) is 1. The fourth-order valence-electron chi connectivity index (χ4n) is 3.57. The first kappa shape index (κ1) is 24.8. The highest BCUT2D eigenvalue weighted by Gasteiger charge is 2.21. The van der Waals surface area contributed by atoms with Crippen LogP contribution >= 0.6 is 23.4 Å². The van der Waals surface area contributed by atoms with Gasteiger partial charge in [0.15, 0.2) is 11.5 Å². The summed E-state index contributed by atoms with van der Waals surface area (Å²) in [5, 5.41) is 3.39. The van der Waals surface area contributed by atoms with Crippen molar-refractivity contribution in [3.8, 4) is 11.5 Å². The number of anilines is 1. The molecule has 1 aromatic heterocycles. The molecule has 1 unspecified atom stereocenters. The third-order valence-corrected chi connectivity index (χ3v) is 6.87. The van der Waals surface area contributed by atoms with E-state index in [0.717, 1.165) is 28.2 Å². The molecule has 3 aromatic carbocycles. The van der Waals surface area contributed by atoms with Crippen LogP contribution in [0.15, 0.2) is 83.9 Å². The highest BCUT2D eigenvalue weighted by Crippen LogP contribution is 2.42. The molecule has 0 spiro atoms. The van der Waals surface area contributed by atoms with E-state index in [-0.39, 0.29) is 5.56 Å². The summed E-state index contributed by atoms with van der Waals surface area (Å²) in [4.78, 5) is 5.28. The van der Waals surface area contributed by atoms with Gasteiger partial charge in [0.1, 0.15) is 17.5 Å². The van der Waals surface area contributed by atoms with E-state index in [2.05, 4.69) is 10.3 Å². The van der Waals surface area contributed by atoms with Crippen molar-refractivity contribution >= 4 is 29.2 Å². The minimum atomic E-state index is -0.503. The van der Waals surface area contributed by atoms with Crippen LogP contribution in [0.3, 0.4) is 0 Å². The summed E-state index contributed by atoms with van der Waals surface area (Å²) in [6.45, 7) is 0.486. The number of methoxy groups -OCH3 is 2. The molecule has 35 heavy (non-hydrogen) atoms. The van der Waals surface area contributed by atoms with E-state index >= 15 is 0 Å². The molecule has 0 bridgehead atoms. The maximum Gasteiger partial charge on any atom is 0.161 e. The van der Waals surface area contributed by atoms with Gasteiger partial charge < -0.3 is 14.8 Å². The highest BCUT2D eigenvalue weighted by atomic mass is 35.5. The van der Waals surface area contributed by atoms with Gasteiger partial charge in [-0.25, -0.2) is 13.8 Å². The summed E-state index contributed by atoms with van der Waals surface area (Å²) >= 11 is 7.43. The lowest BCUT2D eigenvalue weighted by Gasteiger charge is -2.19. The monoisotopic (exact) mass is 512 g/mol. The summed E-state index contributed by atoms with van der Waals surface area (Å²) in [6.07, 6.45) is 1.65. The number of ether oxygens (including phenoxy) is 2. The van der Waals surface area contributed by atoms with Crippen molar-refractivity contribution in [1.29, 1.82) is 0 Å². The van der Waals surface area contributed by atoms with Crippen LogP contribution in [0, 0.1) is 11.6 Å². The van der Waals surface area contributed by atoms with Gasteiger partial charge >= 0.3 is 0 Å². The third-order valence-electron chi connectivity index (χ3n) is 5.32. The van der Waals surface area contributed by atoms with E-state index in [1.807, 2.05) is 36.4 Å². The number of halogens is 3. The van der Waals surface area contributed by atoms with Crippen molar-refractivity contribution in [2.45, 2.75) is 16.7 Å². The van der Waals surface area contributed by atoms with Gasteiger partial charge in [0.2, 0.25) is 0 Å². The van der Waals surface area contributed by atoms with Crippen LogP contribution in [0.4, 0.5) is 14.6 Å². The van der Waals surface area contributed by atoms with Crippen molar-refractivity contribution in [3.63, 3.8) is 0 Å². The number of hydrogen-bond donors (Lipinski definition) is 1. The first-order valence-corrected chi connectivity index (χ1v) is 12.0.